The summed E-state index contributed by atoms with van der Waals surface area (Å²) in [5.41, 5.74) is 17.8. The molecule has 1 aliphatic rings. The first-order chi connectivity index (χ1) is 24.5. The summed E-state index contributed by atoms with van der Waals surface area (Å²) in [6.45, 7) is 4.69. The molecule has 1 aromatic heterocycles. The van der Waals surface area contributed by atoms with Gasteiger partial charge in [0, 0.05) is 22.7 Å². The molecule has 0 atom stereocenters. The van der Waals surface area contributed by atoms with E-state index in [9.17, 15) is 0 Å². The lowest BCUT2D eigenvalue weighted by Crippen LogP contribution is -2.14. The molecule has 8 aromatic rings. The van der Waals surface area contributed by atoms with Crippen molar-refractivity contribution < 1.29 is 0 Å². The van der Waals surface area contributed by atoms with Crippen molar-refractivity contribution in [3.05, 3.63) is 193 Å². The highest BCUT2D eigenvalue weighted by atomic mass is 15.3. The van der Waals surface area contributed by atoms with E-state index in [1.807, 2.05) is 0 Å². The second kappa shape index (κ2) is 12.0. The van der Waals surface area contributed by atoms with E-state index in [1.54, 1.807) is 0 Å². The number of rotatable bonds is 6. The van der Waals surface area contributed by atoms with E-state index < -0.39 is 0 Å². The number of hydrogen-bond acceptors (Lipinski definition) is 1. The van der Waals surface area contributed by atoms with Crippen molar-refractivity contribution in [3.63, 3.8) is 0 Å². The number of benzene rings is 7. The van der Waals surface area contributed by atoms with Crippen LogP contribution in [0.25, 0.3) is 72.6 Å². The smallest absolute Gasteiger partial charge is 0.101 e. The lowest BCUT2D eigenvalue weighted by atomic mass is 9.81. The molecule has 0 radical (unpaired) electrons. The first-order valence-electron chi connectivity index (χ1n) is 17.3. The van der Waals surface area contributed by atoms with Crippen LogP contribution in [0.5, 0.6) is 0 Å². The van der Waals surface area contributed by atoms with Crippen LogP contribution in [-0.4, -0.2) is 9.78 Å². The molecule has 9 rings (SSSR count). The quantitative estimate of drug-likeness (QED) is 0.177. The number of nitrogens with zero attached hydrogens (tertiary/aromatic N) is 2. The molecular formula is C48H36N2. The zero-order valence-electron chi connectivity index (χ0n) is 28.2. The molecule has 1 aliphatic carbocycles. The maximum atomic E-state index is 5.28. The van der Waals surface area contributed by atoms with Crippen molar-refractivity contribution in [1.82, 2.24) is 9.78 Å². The maximum absolute atomic E-state index is 5.28. The Morgan fingerprint density at radius 1 is 0.380 bits per heavy atom. The molecule has 50 heavy (non-hydrogen) atoms. The summed E-state index contributed by atoms with van der Waals surface area (Å²) < 4.78 is 2.06. The van der Waals surface area contributed by atoms with Gasteiger partial charge in [0.25, 0.3) is 0 Å². The van der Waals surface area contributed by atoms with Crippen LogP contribution < -0.4 is 0 Å². The summed E-state index contributed by atoms with van der Waals surface area (Å²) in [6.07, 6.45) is 2.18. The predicted octanol–water partition coefficient (Wildman–Crippen LogP) is 12.5. The molecule has 0 fully saturated rings. The molecule has 0 amide bonds. The summed E-state index contributed by atoms with van der Waals surface area (Å²) in [5, 5.41) is 5.28. The Hall–Kier alpha value is -6.25. The van der Waals surface area contributed by atoms with Crippen LogP contribution in [0.1, 0.15) is 25.0 Å². The largest absolute Gasteiger partial charge is 0.240 e. The molecule has 0 spiro atoms. The van der Waals surface area contributed by atoms with E-state index in [0.717, 1.165) is 39.2 Å². The molecule has 0 bridgehead atoms. The minimum Gasteiger partial charge on any atom is -0.240 e. The second-order valence-corrected chi connectivity index (χ2v) is 13.7. The molecule has 0 unspecified atom stereocenters. The van der Waals surface area contributed by atoms with Gasteiger partial charge in [0.2, 0.25) is 0 Å². The molecular weight excluding hydrogens is 605 g/mol. The van der Waals surface area contributed by atoms with Gasteiger partial charge in [-0.25, -0.2) is 4.68 Å². The molecule has 7 aromatic carbocycles. The number of hydrogen-bond donors (Lipinski definition) is 0. The molecule has 0 N–H and O–H groups in total. The van der Waals surface area contributed by atoms with E-state index in [0.29, 0.717) is 0 Å². The second-order valence-electron chi connectivity index (χ2n) is 13.7. The third-order valence-corrected chi connectivity index (χ3v) is 10.3. The Kier molecular flexibility index (Phi) is 7.17. The monoisotopic (exact) mass is 640 g/mol. The highest BCUT2D eigenvalue weighted by Gasteiger charge is 2.35. The lowest BCUT2D eigenvalue weighted by molar-refractivity contribution is 0.660. The molecule has 2 nitrogen and oxygen atoms in total. The maximum Gasteiger partial charge on any atom is 0.101 e. The topological polar surface area (TPSA) is 17.8 Å². The van der Waals surface area contributed by atoms with Gasteiger partial charge in [-0.15, -0.1) is 0 Å². The molecule has 1 heterocycles. The third-order valence-electron chi connectivity index (χ3n) is 10.3. The van der Waals surface area contributed by atoms with E-state index >= 15 is 0 Å². The van der Waals surface area contributed by atoms with E-state index in [-0.39, 0.29) is 5.41 Å². The molecule has 238 valence electrons. The Bertz CT molecular complexity index is 2410. The fourth-order valence-corrected chi connectivity index (χ4v) is 7.59. The third kappa shape index (κ3) is 5.17. The Morgan fingerprint density at radius 3 is 1.56 bits per heavy atom. The van der Waals surface area contributed by atoms with Crippen LogP contribution >= 0.6 is 0 Å². The standard InChI is InChI=1S/C48H36N2/c1-48(2)45-21-13-12-20-42(45)43-27-26-38(31-46(43)48)40-28-39(35-24-22-34(23-25-35)33-14-6-3-7-15-33)29-41(30-40)50-32-44(36-16-8-4-9-17-36)47(49-50)37-18-10-5-11-19-37/h3-32H,1-2H3. The first-order valence-corrected chi connectivity index (χ1v) is 17.3. The normalized spacial score (nSPS) is 12.8. The average Bonchev–Trinajstić information content (AvgIpc) is 3.73. The van der Waals surface area contributed by atoms with Crippen molar-refractivity contribution >= 4 is 0 Å². The van der Waals surface area contributed by atoms with Crippen LogP contribution in [0.3, 0.4) is 0 Å². The fourth-order valence-electron chi connectivity index (χ4n) is 7.59. The van der Waals surface area contributed by atoms with Gasteiger partial charge in [0.05, 0.1) is 5.69 Å². The lowest BCUT2D eigenvalue weighted by Gasteiger charge is -2.22. The molecule has 0 saturated heterocycles. The highest BCUT2D eigenvalue weighted by Crippen LogP contribution is 2.49. The molecule has 2 heteroatoms. The van der Waals surface area contributed by atoms with Gasteiger partial charge in [-0.2, -0.15) is 5.10 Å². The summed E-state index contributed by atoms with van der Waals surface area (Å²) in [4.78, 5) is 0. The average molecular weight is 641 g/mol. The SMILES string of the molecule is CC1(C)c2ccccc2-c2ccc(-c3cc(-c4ccc(-c5ccccc5)cc4)cc(-n4cc(-c5ccccc5)c(-c5ccccc5)n4)c3)cc21. The van der Waals surface area contributed by atoms with Gasteiger partial charge < -0.3 is 0 Å². The van der Waals surface area contributed by atoms with Crippen molar-refractivity contribution in [2.75, 3.05) is 0 Å². The van der Waals surface area contributed by atoms with Gasteiger partial charge >= 0.3 is 0 Å². The van der Waals surface area contributed by atoms with E-state index in [2.05, 4.69) is 201 Å². The highest BCUT2D eigenvalue weighted by molar-refractivity contribution is 5.86. The van der Waals surface area contributed by atoms with Crippen LogP contribution in [0.4, 0.5) is 0 Å². The van der Waals surface area contributed by atoms with Gasteiger partial charge in [0.15, 0.2) is 0 Å². The Balaban J connectivity index is 1.22. The molecule has 0 aliphatic heterocycles. The summed E-state index contributed by atoms with van der Waals surface area (Å²) in [6, 6.07) is 63.3. The van der Waals surface area contributed by atoms with Crippen LogP contribution in [-0.2, 0) is 5.41 Å². The van der Waals surface area contributed by atoms with Crippen LogP contribution in [0.15, 0.2) is 182 Å². The van der Waals surface area contributed by atoms with Gasteiger partial charge in [-0.3, -0.25) is 0 Å². The fraction of sp³-hybridized carbons (Fsp3) is 0.0625. The minimum absolute atomic E-state index is 0.0766. The van der Waals surface area contributed by atoms with Crippen molar-refractivity contribution in [2.45, 2.75) is 19.3 Å². The van der Waals surface area contributed by atoms with E-state index in [4.69, 9.17) is 5.10 Å². The Labute approximate surface area is 294 Å². The van der Waals surface area contributed by atoms with Gasteiger partial charge in [-0.05, 0) is 85.5 Å². The minimum atomic E-state index is -0.0766. The Morgan fingerprint density at radius 2 is 0.880 bits per heavy atom. The number of fused-ring (bicyclic) bond motifs is 3. The van der Waals surface area contributed by atoms with Crippen molar-refractivity contribution in [2.24, 2.45) is 0 Å². The summed E-state index contributed by atoms with van der Waals surface area (Å²) >= 11 is 0. The van der Waals surface area contributed by atoms with Gasteiger partial charge in [0.1, 0.15) is 5.69 Å². The van der Waals surface area contributed by atoms with Crippen molar-refractivity contribution in [1.29, 1.82) is 0 Å². The predicted molar refractivity (Wildman–Crippen MR) is 208 cm³/mol. The van der Waals surface area contributed by atoms with E-state index in [1.165, 1.54) is 44.5 Å². The zero-order valence-corrected chi connectivity index (χ0v) is 28.2. The zero-order chi connectivity index (χ0) is 33.7. The van der Waals surface area contributed by atoms with Crippen molar-refractivity contribution in [3.8, 4) is 72.6 Å². The van der Waals surface area contributed by atoms with Gasteiger partial charge in [-0.1, -0.05) is 166 Å². The summed E-state index contributed by atoms with van der Waals surface area (Å²) in [7, 11) is 0. The van der Waals surface area contributed by atoms with Crippen LogP contribution in [0.2, 0.25) is 0 Å². The van der Waals surface area contributed by atoms with Crippen LogP contribution in [0, 0.1) is 0 Å². The summed E-state index contributed by atoms with van der Waals surface area (Å²) in [5.74, 6) is 0. The first kappa shape index (κ1) is 29.9. The molecule has 0 saturated carbocycles. The number of aromatic nitrogens is 2.